The summed E-state index contributed by atoms with van der Waals surface area (Å²) in [5, 5.41) is 11.3. The van der Waals surface area contributed by atoms with Gasteiger partial charge in [-0.25, -0.2) is 0 Å². The average Bonchev–Trinajstić information content (AvgIpc) is 2.97. The van der Waals surface area contributed by atoms with Gasteiger partial charge in [-0.2, -0.15) is 5.10 Å². The Morgan fingerprint density at radius 2 is 2.50 bits per heavy atom. The van der Waals surface area contributed by atoms with Crippen molar-refractivity contribution in [2.45, 2.75) is 39.3 Å². The lowest BCUT2D eigenvalue weighted by atomic mass is 10.2. The summed E-state index contributed by atoms with van der Waals surface area (Å²) in [6, 6.07) is 0. The smallest absolute Gasteiger partial charge is 0.170 e. The van der Waals surface area contributed by atoms with Gasteiger partial charge in [0, 0.05) is 25.9 Å². The molecule has 6 heteroatoms. The van der Waals surface area contributed by atoms with Gasteiger partial charge in [-0.3, -0.25) is 4.68 Å². The minimum atomic E-state index is 0.296. The molecule has 1 aromatic heterocycles. The van der Waals surface area contributed by atoms with E-state index in [0.29, 0.717) is 11.2 Å². The number of nitrogens with zero attached hydrogens (tertiary/aromatic N) is 2. The fourth-order valence-corrected chi connectivity index (χ4v) is 2.17. The van der Waals surface area contributed by atoms with Gasteiger partial charge < -0.3 is 15.4 Å². The maximum atomic E-state index is 5.53. The fourth-order valence-electron chi connectivity index (χ4n) is 1.98. The molecule has 0 spiro atoms. The quantitative estimate of drug-likeness (QED) is 0.814. The molecule has 1 saturated heterocycles. The van der Waals surface area contributed by atoms with Crippen molar-refractivity contribution in [3.8, 4) is 0 Å². The molecule has 100 valence electrons. The number of aryl methyl sites for hydroxylation is 2. The molecule has 1 aromatic rings. The molecule has 2 rings (SSSR count). The second-order valence-corrected chi connectivity index (χ2v) is 4.86. The second-order valence-electron chi connectivity index (χ2n) is 4.45. The first-order valence-electron chi connectivity index (χ1n) is 6.39. The lowest BCUT2D eigenvalue weighted by molar-refractivity contribution is 0.114. The zero-order valence-corrected chi connectivity index (χ0v) is 11.7. The van der Waals surface area contributed by atoms with Gasteiger partial charge in [0.1, 0.15) is 0 Å². The highest BCUT2D eigenvalue weighted by Gasteiger charge is 2.15. The minimum absolute atomic E-state index is 0.296. The summed E-state index contributed by atoms with van der Waals surface area (Å²) >= 11 is 5.26. The Labute approximate surface area is 113 Å². The summed E-state index contributed by atoms with van der Waals surface area (Å²) in [6.07, 6.45) is 4.52. The van der Waals surface area contributed by atoms with Crippen LogP contribution in [-0.2, 0) is 11.3 Å². The summed E-state index contributed by atoms with van der Waals surface area (Å²) in [7, 11) is 0. The van der Waals surface area contributed by atoms with Crippen molar-refractivity contribution in [3.63, 3.8) is 0 Å². The summed E-state index contributed by atoms with van der Waals surface area (Å²) in [6.45, 7) is 6.53. The van der Waals surface area contributed by atoms with Crippen molar-refractivity contribution in [3.05, 3.63) is 11.9 Å². The van der Waals surface area contributed by atoms with E-state index in [1.54, 1.807) is 0 Å². The van der Waals surface area contributed by atoms with Crippen molar-refractivity contribution >= 4 is 23.0 Å². The highest BCUT2D eigenvalue weighted by atomic mass is 32.1. The first-order valence-corrected chi connectivity index (χ1v) is 6.80. The van der Waals surface area contributed by atoms with E-state index in [0.717, 1.165) is 43.9 Å². The molecule has 1 aliphatic rings. The number of hydrogen-bond acceptors (Lipinski definition) is 3. The molecule has 5 nitrogen and oxygen atoms in total. The Morgan fingerprint density at radius 3 is 3.11 bits per heavy atom. The summed E-state index contributed by atoms with van der Waals surface area (Å²) in [4.78, 5) is 0. The maximum Gasteiger partial charge on any atom is 0.170 e. The zero-order valence-electron chi connectivity index (χ0n) is 10.9. The van der Waals surface area contributed by atoms with Crippen LogP contribution >= 0.6 is 12.2 Å². The summed E-state index contributed by atoms with van der Waals surface area (Å²) in [5.74, 6) is 0. The van der Waals surface area contributed by atoms with Crippen LogP contribution in [0.15, 0.2) is 6.20 Å². The Kier molecular flexibility index (Phi) is 4.54. The van der Waals surface area contributed by atoms with Crippen LogP contribution < -0.4 is 10.6 Å². The number of rotatable bonds is 4. The maximum absolute atomic E-state index is 5.53. The molecular formula is C12H20N4OS. The molecule has 0 amide bonds. The van der Waals surface area contributed by atoms with Gasteiger partial charge in [-0.1, -0.05) is 0 Å². The highest BCUT2D eigenvalue weighted by Crippen LogP contribution is 2.13. The lowest BCUT2D eigenvalue weighted by Crippen LogP contribution is -2.34. The molecule has 18 heavy (non-hydrogen) atoms. The lowest BCUT2D eigenvalue weighted by Gasteiger charge is -2.13. The third-order valence-electron chi connectivity index (χ3n) is 3.03. The molecule has 2 heterocycles. The van der Waals surface area contributed by atoms with Crippen LogP contribution in [0.2, 0.25) is 0 Å². The van der Waals surface area contributed by atoms with E-state index in [2.05, 4.69) is 22.7 Å². The Morgan fingerprint density at radius 1 is 1.67 bits per heavy atom. The van der Waals surface area contributed by atoms with E-state index >= 15 is 0 Å². The van der Waals surface area contributed by atoms with E-state index < -0.39 is 0 Å². The number of hydrogen-bond donors (Lipinski definition) is 2. The Balaban J connectivity index is 1.80. The van der Waals surface area contributed by atoms with Crippen molar-refractivity contribution in [2.75, 3.05) is 18.5 Å². The van der Waals surface area contributed by atoms with Crippen molar-refractivity contribution in [2.24, 2.45) is 0 Å². The molecule has 1 atom stereocenters. The predicted octanol–water partition coefficient (Wildman–Crippen LogP) is 1.68. The molecule has 0 radical (unpaired) electrons. The van der Waals surface area contributed by atoms with E-state index in [1.807, 2.05) is 17.8 Å². The Hall–Kier alpha value is -1.14. The third-order valence-corrected chi connectivity index (χ3v) is 3.28. The predicted molar refractivity (Wildman–Crippen MR) is 75.8 cm³/mol. The van der Waals surface area contributed by atoms with E-state index in [4.69, 9.17) is 17.0 Å². The SMILES string of the molecule is CCn1cc(NC(=S)NCC2CCCO2)c(C)n1. The zero-order chi connectivity index (χ0) is 13.0. The summed E-state index contributed by atoms with van der Waals surface area (Å²) in [5.41, 5.74) is 1.92. The average molecular weight is 268 g/mol. The van der Waals surface area contributed by atoms with E-state index in [-0.39, 0.29) is 0 Å². The molecule has 1 unspecified atom stereocenters. The van der Waals surface area contributed by atoms with Gasteiger partial charge in [-0.15, -0.1) is 0 Å². The first-order chi connectivity index (χ1) is 8.69. The standard InChI is InChI=1S/C12H20N4OS/c1-3-16-8-11(9(2)15-16)14-12(18)13-7-10-5-4-6-17-10/h8,10H,3-7H2,1-2H3,(H2,13,14,18). The van der Waals surface area contributed by atoms with E-state index in [9.17, 15) is 0 Å². The highest BCUT2D eigenvalue weighted by molar-refractivity contribution is 7.80. The number of anilines is 1. The van der Waals surface area contributed by atoms with Crippen LogP contribution in [0.4, 0.5) is 5.69 Å². The van der Waals surface area contributed by atoms with Crippen LogP contribution in [0.5, 0.6) is 0 Å². The van der Waals surface area contributed by atoms with Crippen molar-refractivity contribution in [1.82, 2.24) is 15.1 Å². The summed E-state index contributed by atoms with van der Waals surface area (Å²) < 4.78 is 7.42. The number of aromatic nitrogens is 2. The number of nitrogens with one attached hydrogen (secondary N) is 2. The van der Waals surface area contributed by atoms with Gasteiger partial charge in [0.2, 0.25) is 0 Å². The molecule has 2 N–H and O–H groups in total. The molecule has 0 aromatic carbocycles. The van der Waals surface area contributed by atoms with E-state index in [1.165, 1.54) is 0 Å². The minimum Gasteiger partial charge on any atom is -0.376 e. The molecular weight excluding hydrogens is 248 g/mol. The van der Waals surface area contributed by atoms with Gasteiger partial charge >= 0.3 is 0 Å². The molecule has 0 saturated carbocycles. The van der Waals surface area contributed by atoms with Gasteiger partial charge in [0.25, 0.3) is 0 Å². The van der Waals surface area contributed by atoms with Crippen LogP contribution in [0.1, 0.15) is 25.5 Å². The normalized spacial score (nSPS) is 18.9. The second kappa shape index (κ2) is 6.15. The largest absolute Gasteiger partial charge is 0.376 e. The van der Waals surface area contributed by atoms with Crippen LogP contribution in [0, 0.1) is 6.92 Å². The molecule has 1 aliphatic heterocycles. The molecule has 0 aliphatic carbocycles. The van der Waals surface area contributed by atoms with Gasteiger partial charge in [0.05, 0.1) is 17.5 Å². The molecule has 0 bridgehead atoms. The van der Waals surface area contributed by atoms with Gasteiger partial charge in [-0.05, 0) is 38.9 Å². The van der Waals surface area contributed by atoms with Gasteiger partial charge in [0.15, 0.2) is 5.11 Å². The van der Waals surface area contributed by atoms with Crippen LogP contribution in [0.3, 0.4) is 0 Å². The van der Waals surface area contributed by atoms with Crippen LogP contribution in [-0.4, -0.2) is 34.1 Å². The first kappa shape index (κ1) is 13.3. The number of thiocarbonyl (C=S) groups is 1. The van der Waals surface area contributed by atoms with Crippen molar-refractivity contribution in [1.29, 1.82) is 0 Å². The van der Waals surface area contributed by atoms with Crippen molar-refractivity contribution < 1.29 is 4.74 Å². The molecule has 1 fully saturated rings. The fraction of sp³-hybridized carbons (Fsp3) is 0.667. The monoisotopic (exact) mass is 268 g/mol. The Bertz CT molecular complexity index is 412. The number of ether oxygens (including phenoxy) is 1. The third kappa shape index (κ3) is 3.43. The van der Waals surface area contributed by atoms with Crippen LogP contribution in [0.25, 0.3) is 0 Å². The topological polar surface area (TPSA) is 51.1 Å².